The Morgan fingerprint density at radius 1 is 1.53 bits per heavy atom. The Morgan fingerprint density at radius 3 is 2.63 bits per heavy atom. The van der Waals surface area contributed by atoms with Crippen LogP contribution in [0.25, 0.3) is 0 Å². The maximum absolute atomic E-state index is 12.3. The molecule has 0 aliphatic carbocycles. The van der Waals surface area contributed by atoms with Gasteiger partial charge in [0.25, 0.3) is 0 Å². The molecule has 8 heteroatoms. The number of likely N-dealkylation sites (N-methyl/N-ethyl adjacent to an activating group) is 1. The first kappa shape index (κ1) is 15.8. The van der Waals surface area contributed by atoms with Gasteiger partial charge in [-0.25, -0.2) is 4.98 Å². The molecule has 0 saturated heterocycles. The summed E-state index contributed by atoms with van der Waals surface area (Å²) in [6.07, 6.45) is -3.62. The van der Waals surface area contributed by atoms with Crippen molar-refractivity contribution in [1.82, 2.24) is 10.3 Å². The van der Waals surface area contributed by atoms with Gasteiger partial charge >= 0.3 is 6.18 Å². The second-order valence-electron chi connectivity index (χ2n) is 3.71. The lowest BCUT2D eigenvalue weighted by Gasteiger charge is -2.13. The highest BCUT2D eigenvalue weighted by Crippen LogP contribution is 2.29. The van der Waals surface area contributed by atoms with Gasteiger partial charge in [-0.2, -0.15) is 13.2 Å². The zero-order chi connectivity index (χ0) is 14.5. The SMILES string of the molecule is CCNC(CSc1ccc(C(F)(F)F)cn1)C(N)=O. The van der Waals surface area contributed by atoms with Crippen LogP contribution in [0.1, 0.15) is 12.5 Å². The lowest BCUT2D eigenvalue weighted by molar-refractivity contribution is -0.137. The molecule has 1 aromatic heterocycles. The molecule has 3 N–H and O–H groups in total. The molecule has 0 fully saturated rings. The summed E-state index contributed by atoms with van der Waals surface area (Å²) < 4.78 is 37.0. The molecule has 0 aliphatic heterocycles. The minimum Gasteiger partial charge on any atom is -0.368 e. The maximum atomic E-state index is 12.3. The Labute approximate surface area is 113 Å². The minimum absolute atomic E-state index is 0.321. The normalized spacial score (nSPS) is 13.3. The molecule has 0 radical (unpaired) electrons. The molecule has 0 aromatic carbocycles. The maximum Gasteiger partial charge on any atom is 0.417 e. The van der Waals surface area contributed by atoms with Gasteiger partial charge in [0, 0.05) is 11.9 Å². The van der Waals surface area contributed by atoms with E-state index in [0.29, 0.717) is 17.3 Å². The molecule has 1 heterocycles. The van der Waals surface area contributed by atoms with Gasteiger partial charge in [-0.3, -0.25) is 4.79 Å². The minimum atomic E-state index is -4.39. The van der Waals surface area contributed by atoms with Crippen LogP contribution in [-0.2, 0) is 11.0 Å². The van der Waals surface area contributed by atoms with Gasteiger partial charge < -0.3 is 11.1 Å². The smallest absolute Gasteiger partial charge is 0.368 e. The highest BCUT2D eigenvalue weighted by Gasteiger charge is 2.30. The number of pyridine rings is 1. The number of nitrogens with zero attached hydrogens (tertiary/aromatic N) is 1. The molecule has 1 amide bonds. The van der Waals surface area contributed by atoms with Crippen molar-refractivity contribution in [1.29, 1.82) is 0 Å². The molecular formula is C11H14F3N3OS. The first-order valence-electron chi connectivity index (χ1n) is 5.53. The van der Waals surface area contributed by atoms with Crippen LogP contribution in [-0.4, -0.2) is 29.2 Å². The number of rotatable bonds is 6. The highest BCUT2D eigenvalue weighted by molar-refractivity contribution is 7.99. The van der Waals surface area contributed by atoms with E-state index in [1.54, 1.807) is 0 Å². The number of aromatic nitrogens is 1. The number of carbonyl (C=O) groups is 1. The zero-order valence-corrected chi connectivity index (χ0v) is 11.0. The number of hydrogen-bond donors (Lipinski definition) is 2. The standard InChI is InChI=1S/C11H14F3N3OS/c1-2-16-8(10(15)18)6-19-9-4-3-7(5-17-9)11(12,13)14/h3-5,8,16H,2,6H2,1H3,(H2,15,18). The van der Waals surface area contributed by atoms with Crippen LogP contribution in [0.15, 0.2) is 23.4 Å². The number of halogens is 3. The van der Waals surface area contributed by atoms with E-state index >= 15 is 0 Å². The van der Waals surface area contributed by atoms with E-state index in [1.165, 1.54) is 17.8 Å². The summed E-state index contributed by atoms with van der Waals surface area (Å²) in [6, 6.07) is 1.71. The molecule has 0 aliphatic rings. The lowest BCUT2D eigenvalue weighted by atomic mass is 10.3. The van der Waals surface area contributed by atoms with Crippen LogP contribution in [0.5, 0.6) is 0 Å². The van der Waals surface area contributed by atoms with Crippen molar-refractivity contribution in [3.63, 3.8) is 0 Å². The summed E-state index contributed by atoms with van der Waals surface area (Å²) in [5.41, 5.74) is 4.39. The number of thioether (sulfide) groups is 1. The second kappa shape index (κ2) is 6.76. The fraction of sp³-hybridized carbons (Fsp3) is 0.455. The van der Waals surface area contributed by atoms with Gasteiger partial charge in [-0.05, 0) is 18.7 Å². The largest absolute Gasteiger partial charge is 0.417 e. The number of alkyl halides is 3. The Hall–Kier alpha value is -1.28. The predicted molar refractivity (Wildman–Crippen MR) is 66.6 cm³/mol. The third kappa shape index (κ3) is 5.07. The first-order valence-corrected chi connectivity index (χ1v) is 6.52. The molecule has 0 bridgehead atoms. The Kier molecular flexibility index (Phi) is 5.61. The van der Waals surface area contributed by atoms with Gasteiger partial charge in [-0.1, -0.05) is 6.92 Å². The Bertz CT molecular complexity index is 422. The van der Waals surface area contributed by atoms with Crippen molar-refractivity contribution in [2.45, 2.75) is 24.2 Å². The van der Waals surface area contributed by atoms with Crippen LogP contribution in [0.2, 0.25) is 0 Å². The summed E-state index contributed by atoms with van der Waals surface area (Å²) in [6.45, 7) is 2.41. The average molecular weight is 293 g/mol. The molecular weight excluding hydrogens is 279 g/mol. The molecule has 1 rings (SSSR count). The molecule has 0 spiro atoms. The zero-order valence-electron chi connectivity index (χ0n) is 10.2. The van der Waals surface area contributed by atoms with Crippen LogP contribution < -0.4 is 11.1 Å². The van der Waals surface area contributed by atoms with Crippen molar-refractivity contribution in [2.24, 2.45) is 5.73 Å². The second-order valence-corrected chi connectivity index (χ2v) is 4.75. The number of nitrogens with two attached hydrogens (primary N) is 1. The number of hydrogen-bond acceptors (Lipinski definition) is 4. The molecule has 1 aromatic rings. The number of carbonyl (C=O) groups excluding carboxylic acids is 1. The van der Waals surface area contributed by atoms with E-state index in [1.807, 2.05) is 6.92 Å². The van der Waals surface area contributed by atoms with Crippen molar-refractivity contribution in [2.75, 3.05) is 12.3 Å². The lowest BCUT2D eigenvalue weighted by Crippen LogP contribution is -2.43. The third-order valence-electron chi connectivity index (χ3n) is 2.26. The van der Waals surface area contributed by atoms with Crippen molar-refractivity contribution in [3.05, 3.63) is 23.9 Å². The molecule has 4 nitrogen and oxygen atoms in total. The van der Waals surface area contributed by atoms with E-state index in [-0.39, 0.29) is 0 Å². The van der Waals surface area contributed by atoms with Crippen molar-refractivity contribution in [3.8, 4) is 0 Å². The van der Waals surface area contributed by atoms with Gasteiger partial charge in [-0.15, -0.1) is 11.8 Å². The third-order valence-corrected chi connectivity index (χ3v) is 3.29. The summed E-state index contributed by atoms with van der Waals surface area (Å²) in [5.74, 6) is -0.178. The summed E-state index contributed by atoms with van der Waals surface area (Å²) >= 11 is 1.17. The monoisotopic (exact) mass is 293 g/mol. The average Bonchev–Trinajstić information content (AvgIpc) is 2.33. The number of primary amides is 1. The summed E-state index contributed by atoms with van der Waals surface area (Å²) in [5, 5.41) is 3.30. The van der Waals surface area contributed by atoms with E-state index in [0.717, 1.165) is 12.3 Å². The molecule has 19 heavy (non-hydrogen) atoms. The molecule has 1 atom stereocenters. The Morgan fingerprint density at radius 2 is 2.21 bits per heavy atom. The van der Waals surface area contributed by atoms with Gasteiger partial charge in [0.05, 0.1) is 16.6 Å². The molecule has 106 valence electrons. The molecule has 1 unspecified atom stereocenters. The van der Waals surface area contributed by atoms with Crippen molar-refractivity contribution >= 4 is 17.7 Å². The Balaban J connectivity index is 2.61. The van der Waals surface area contributed by atoms with Gasteiger partial charge in [0.15, 0.2) is 0 Å². The quantitative estimate of drug-likeness (QED) is 0.783. The number of nitrogens with one attached hydrogen (secondary N) is 1. The number of amides is 1. The van der Waals surface area contributed by atoms with Crippen LogP contribution in [0.4, 0.5) is 13.2 Å². The topological polar surface area (TPSA) is 68.0 Å². The first-order chi connectivity index (χ1) is 8.84. The van der Waals surface area contributed by atoms with Gasteiger partial charge in [0.1, 0.15) is 0 Å². The fourth-order valence-corrected chi connectivity index (χ4v) is 2.20. The van der Waals surface area contributed by atoms with Gasteiger partial charge in [0.2, 0.25) is 5.91 Å². The van der Waals surface area contributed by atoms with E-state index in [2.05, 4.69) is 10.3 Å². The van der Waals surface area contributed by atoms with Crippen molar-refractivity contribution < 1.29 is 18.0 Å². The van der Waals surface area contributed by atoms with E-state index in [9.17, 15) is 18.0 Å². The fourth-order valence-electron chi connectivity index (χ4n) is 1.29. The predicted octanol–water partition coefficient (Wildman–Crippen LogP) is 1.66. The highest BCUT2D eigenvalue weighted by atomic mass is 32.2. The van der Waals surface area contributed by atoms with Crippen LogP contribution in [0, 0.1) is 0 Å². The summed E-state index contributed by atoms with van der Waals surface area (Å²) in [7, 11) is 0. The molecule has 0 saturated carbocycles. The van der Waals surface area contributed by atoms with Crippen LogP contribution in [0.3, 0.4) is 0 Å². The van der Waals surface area contributed by atoms with E-state index < -0.39 is 23.7 Å². The van der Waals surface area contributed by atoms with Crippen LogP contribution >= 0.6 is 11.8 Å². The summed E-state index contributed by atoms with van der Waals surface area (Å²) in [4.78, 5) is 14.8. The van der Waals surface area contributed by atoms with E-state index in [4.69, 9.17) is 5.73 Å².